The molecule has 2 fully saturated rings. The number of halogens is 1. The van der Waals surface area contributed by atoms with Crippen LogP contribution in [-0.2, 0) is 20.7 Å². The first kappa shape index (κ1) is 22.5. The van der Waals surface area contributed by atoms with E-state index in [2.05, 4.69) is 26.2 Å². The summed E-state index contributed by atoms with van der Waals surface area (Å²) in [5, 5.41) is 2.89. The number of likely N-dealkylation sites (tertiary alicyclic amines) is 1. The zero-order valence-corrected chi connectivity index (χ0v) is 19.7. The Hall–Kier alpha value is -3.30. The topological polar surface area (TPSA) is 102 Å². The standard InChI is InChI=1S/C25H22BrN3O5/c26-18-7-1-15(2-8-18)11-19(25(32)29-10-9-21-23(29)20(30)13-33-21)28-24(31)17-5-3-16(4-6-17)22-12-27-14-34-22/h1-8,12,14,19,21,23H,9-11,13H2,(H,28,31). The van der Waals surface area contributed by atoms with Gasteiger partial charge in [0.15, 0.2) is 17.9 Å². The molecule has 8 nitrogen and oxygen atoms in total. The highest BCUT2D eigenvalue weighted by atomic mass is 79.9. The molecular formula is C25H22BrN3O5. The molecule has 1 N–H and O–H groups in total. The molecule has 3 atom stereocenters. The predicted octanol–water partition coefficient (Wildman–Crippen LogP) is 3.01. The first-order valence-corrected chi connectivity index (χ1v) is 11.8. The minimum atomic E-state index is -0.824. The van der Waals surface area contributed by atoms with Gasteiger partial charge >= 0.3 is 0 Å². The minimum absolute atomic E-state index is 0.0282. The number of hydrogen-bond acceptors (Lipinski definition) is 6. The number of benzene rings is 2. The average Bonchev–Trinajstić information content (AvgIpc) is 3.60. The number of Topliss-reactive ketones (excluding diaryl/α,β-unsaturated/α-hetero) is 1. The van der Waals surface area contributed by atoms with E-state index in [0.717, 1.165) is 15.6 Å². The number of hydrogen-bond donors (Lipinski definition) is 1. The smallest absolute Gasteiger partial charge is 0.251 e. The molecule has 0 radical (unpaired) electrons. The van der Waals surface area contributed by atoms with E-state index in [-0.39, 0.29) is 30.3 Å². The summed E-state index contributed by atoms with van der Waals surface area (Å²) in [6.07, 6.45) is 3.60. The third-order valence-corrected chi connectivity index (χ3v) is 6.74. The highest BCUT2D eigenvalue weighted by Gasteiger charge is 2.48. The van der Waals surface area contributed by atoms with Gasteiger partial charge in [0.25, 0.3) is 5.91 Å². The molecule has 2 saturated heterocycles. The van der Waals surface area contributed by atoms with Crippen molar-refractivity contribution >= 4 is 33.5 Å². The second kappa shape index (κ2) is 9.52. The third-order valence-electron chi connectivity index (χ3n) is 6.22. The average molecular weight is 524 g/mol. The van der Waals surface area contributed by atoms with Crippen molar-refractivity contribution in [2.45, 2.75) is 31.0 Å². The van der Waals surface area contributed by atoms with Gasteiger partial charge in [-0.25, -0.2) is 4.98 Å². The van der Waals surface area contributed by atoms with E-state index in [4.69, 9.17) is 9.15 Å². The quantitative estimate of drug-likeness (QED) is 0.532. The van der Waals surface area contributed by atoms with Crippen LogP contribution in [0.1, 0.15) is 22.3 Å². The molecule has 0 aliphatic carbocycles. The fourth-order valence-electron chi connectivity index (χ4n) is 4.48. The monoisotopic (exact) mass is 523 g/mol. The molecule has 0 saturated carbocycles. The molecule has 3 aromatic rings. The number of carbonyl (C=O) groups excluding carboxylic acids is 3. The number of aromatic nitrogens is 1. The van der Waals surface area contributed by atoms with E-state index in [9.17, 15) is 14.4 Å². The lowest BCUT2D eigenvalue weighted by atomic mass is 10.0. The van der Waals surface area contributed by atoms with Gasteiger partial charge in [-0.15, -0.1) is 0 Å². The number of ether oxygens (including phenoxy) is 1. The van der Waals surface area contributed by atoms with Crippen LogP contribution in [0.2, 0.25) is 0 Å². The first-order chi connectivity index (χ1) is 16.5. The zero-order valence-electron chi connectivity index (χ0n) is 18.1. The van der Waals surface area contributed by atoms with Crippen LogP contribution in [-0.4, -0.2) is 58.8 Å². The predicted molar refractivity (Wildman–Crippen MR) is 126 cm³/mol. The summed E-state index contributed by atoms with van der Waals surface area (Å²) in [6, 6.07) is 13.1. The molecule has 1 aromatic heterocycles. The normalized spacial score (nSPS) is 20.3. The minimum Gasteiger partial charge on any atom is -0.444 e. The number of oxazole rings is 1. The molecule has 5 rings (SSSR count). The van der Waals surface area contributed by atoms with Gasteiger partial charge in [-0.3, -0.25) is 14.4 Å². The van der Waals surface area contributed by atoms with Crippen molar-refractivity contribution in [2.24, 2.45) is 0 Å². The van der Waals surface area contributed by atoms with Gasteiger partial charge in [-0.2, -0.15) is 0 Å². The van der Waals surface area contributed by atoms with Crippen molar-refractivity contribution in [3.05, 3.63) is 76.7 Å². The SMILES string of the molecule is O=C(NC(Cc1ccc(Br)cc1)C(=O)N1CCC2OCC(=O)C21)c1ccc(-c2cnco2)cc1. The molecule has 3 heterocycles. The van der Waals surface area contributed by atoms with Gasteiger partial charge in [0.2, 0.25) is 5.91 Å². The fourth-order valence-corrected chi connectivity index (χ4v) is 4.75. The van der Waals surface area contributed by atoms with Crippen molar-refractivity contribution in [3.8, 4) is 11.3 Å². The Balaban J connectivity index is 1.36. The second-order valence-electron chi connectivity index (χ2n) is 8.38. The number of amides is 2. The Bertz CT molecular complexity index is 1190. The number of carbonyl (C=O) groups is 3. The molecule has 2 amide bonds. The van der Waals surface area contributed by atoms with Crippen molar-refractivity contribution in [1.29, 1.82) is 0 Å². The summed E-state index contributed by atoms with van der Waals surface area (Å²) >= 11 is 3.42. The van der Waals surface area contributed by atoms with Crippen LogP contribution in [0.25, 0.3) is 11.3 Å². The van der Waals surface area contributed by atoms with Gasteiger partial charge < -0.3 is 19.4 Å². The van der Waals surface area contributed by atoms with Crippen LogP contribution >= 0.6 is 15.9 Å². The van der Waals surface area contributed by atoms with E-state index in [1.165, 1.54) is 6.39 Å². The summed E-state index contributed by atoms with van der Waals surface area (Å²) in [4.78, 5) is 44.5. The lowest BCUT2D eigenvalue weighted by Gasteiger charge is -2.27. The fraction of sp³-hybridized carbons (Fsp3) is 0.280. The highest BCUT2D eigenvalue weighted by molar-refractivity contribution is 9.10. The summed E-state index contributed by atoms with van der Waals surface area (Å²) in [5.41, 5.74) is 2.10. The van der Waals surface area contributed by atoms with E-state index in [1.807, 2.05) is 24.3 Å². The molecule has 2 aromatic carbocycles. The molecule has 174 valence electrons. The molecule has 0 bridgehead atoms. The van der Waals surface area contributed by atoms with Crippen molar-refractivity contribution < 1.29 is 23.5 Å². The van der Waals surface area contributed by atoms with Crippen LogP contribution in [0.3, 0.4) is 0 Å². The highest BCUT2D eigenvalue weighted by Crippen LogP contribution is 2.28. The van der Waals surface area contributed by atoms with E-state index in [1.54, 1.807) is 35.4 Å². The van der Waals surface area contributed by atoms with Crippen molar-refractivity contribution in [2.75, 3.05) is 13.2 Å². The van der Waals surface area contributed by atoms with E-state index >= 15 is 0 Å². The number of nitrogens with zero attached hydrogens (tertiary/aromatic N) is 2. The molecule has 34 heavy (non-hydrogen) atoms. The summed E-state index contributed by atoms with van der Waals surface area (Å²) in [6.45, 7) is 0.457. The third kappa shape index (κ3) is 4.53. The summed E-state index contributed by atoms with van der Waals surface area (Å²) in [5.74, 6) is -0.139. The largest absolute Gasteiger partial charge is 0.444 e. The van der Waals surface area contributed by atoms with Crippen LogP contribution in [0.15, 0.2) is 70.0 Å². The van der Waals surface area contributed by atoms with E-state index < -0.39 is 12.1 Å². The zero-order chi connectivity index (χ0) is 23.7. The van der Waals surface area contributed by atoms with Crippen molar-refractivity contribution in [3.63, 3.8) is 0 Å². The summed E-state index contributed by atoms with van der Waals surface area (Å²) < 4.78 is 11.7. The van der Waals surface area contributed by atoms with Crippen LogP contribution in [0, 0.1) is 0 Å². The molecular weight excluding hydrogens is 502 g/mol. The first-order valence-electron chi connectivity index (χ1n) is 11.0. The molecule has 2 aliphatic heterocycles. The number of ketones is 1. The number of rotatable bonds is 6. The van der Waals surface area contributed by atoms with Gasteiger partial charge in [0.1, 0.15) is 18.7 Å². The number of fused-ring (bicyclic) bond motifs is 1. The van der Waals surface area contributed by atoms with Gasteiger partial charge in [0.05, 0.1) is 12.3 Å². The van der Waals surface area contributed by atoms with Crippen LogP contribution in [0.4, 0.5) is 0 Å². The molecule has 0 spiro atoms. The molecule has 3 unspecified atom stereocenters. The maximum absolute atomic E-state index is 13.6. The Morgan fingerprint density at radius 3 is 2.62 bits per heavy atom. The Morgan fingerprint density at radius 1 is 1.15 bits per heavy atom. The lowest BCUT2D eigenvalue weighted by molar-refractivity contribution is -0.138. The maximum atomic E-state index is 13.6. The Morgan fingerprint density at radius 2 is 1.91 bits per heavy atom. The second-order valence-corrected chi connectivity index (χ2v) is 9.30. The van der Waals surface area contributed by atoms with Gasteiger partial charge in [0, 0.05) is 28.6 Å². The van der Waals surface area contributed by atoms with Crippen molar-refractivity contribution in [1.82, 2.24) is 15.2 Å². The van der Waals surface area contributed by atoms with Gasteiger partial charge in [-0.1, -0.05) is 40.2 Å². The van der Waals surface area contributed by atoms with Crippen LogP contribution < -0.4 is 5.32 Å². The van der Waals surface area contributed by atoms with Crippen LogP contribution in [0.5, 0.6) is 0 Å². The Kier molecular flexibility index (Phi) is 6.30. The Labute approximate surface area is 204 Å². The summed E-state index contributed by atoms with van der Waals surface area (Å²) in [7, 11) is 0. The van der Waals surface area contributed by atoms with E-state index in [0.29, 0.717) is 30.7 Å². The van der Waals surface area contributed by atoms with Gasteiger partial charge in [-0.05, 0) is 36.2 Å². The lowest BCUT2D eigenvalue weighted by Crippen LogP contribution is -2.53. The number of nitrogens with one attached hydrogen (secondary N) is 1. The molecule has 2 aliphatic rings. The maximum Gasteiger partial charge on any atom is 0.251 e. The molecule has 9 heteroatoms.